The number of hydrogen-bond donors (Lipinski definition) is 1. The van der Waals surface area contributed by atoms with Crippen LogP contribution in [0.1, 0.15) is 5.56 Å². The van der Waals surface area contributed by atoms with E-state index in [2.05, 4.69) is 27.8 Å². The summed E-state index contributed by atoms with van der Waals surface area (Å²) in [5, 5.41) is 2.77. The zero-order valence-corrected chi connectivity index (χ0v) is 8.96. The molecule has 1 rings (SSSR count). The average molecular weight is 246 g/mol. The molecule has 0 saturated carbocycles. The maximum absolute atomic E-state index is 5.26. The van der Waals surface area contributed by atoms with Gasteiger partial charge in [-0.05, 0) is 15.9 Å². The first-order valence-electron chi connectivity index (χ1n) is 3.29. The van der Waals surface area contributed by atoms with E-state index >= 15 is 0 Å². The summed E-state index contributed by atoms with van der Waals surface area (Å²) in [5.41, 5.74) is 6.14. The lowest BCUT2D eigenvalue weighted by Crippen LogP contribution is -1.93. The molecular formula is C8H8BrNOS. The van der Waals surface area contributed by atoms with Gasteiger partial charge in [0.1, 0.15) is 0 Å². The van der Waals surface area contributed by atoms with Crippen LogP contribution in [-0.4, -0.2) is 13.7 Å². The maximum Gasteiger partial charge on any atom is 0.190 e. The summed E-state index contributed by atoms with van der Waals surface area (Å²) in [6.45, 7) is 0.367. The molecule has 0 aliphatic carbocycles. The summed E-state index contributed by atoms with van der Waals surface area (Å²) in [6.07, 6.45) is 0. The molecule has 4 heteroatoms. The van der Waals surface area contributed by atoms with E-state index in [4.69, 9.17) is 10.5 Å². The fourth-order valence-corrected chi connectivity index (χ4v) is 2.12. The minimum atomic E-state index is 0.367. The van der Waals surface area contributed by atoms with Gasteiger partial charge in [-0.2, -0.15) is 0 Å². The van der Waals surface area contributed by atoms with Crippen LogP contribution in [0.25, 0.3) is 0 Å². The molecule has 0 fully saturated rings. The van der Waals surface area contributed by atoms with Crippen molar-refractivity contribution in [2.45, 2.75) is 0 Å². The zero-order valence-electron chi connectivity index (χ0n) is 6.56. The van der Waals surface area contributed by atoms with Gasteiger partial charge in [0.05, 0.1) is 19.2 Å². The predicted molar refractivity (Wildman–Crippen MR) is 54.5 cm³/mol. The number of halogens is 1. The number of methoxy groups -OCH3 is 1. The normalized spacial score (nSPS) is 8.92. The zero-order chi connectivity index (χ0) is 8.97. The van der Waals surface area contributed by atoms with E-state index in [0.717, 1.165) is 15.1 Å². The van der Waals surface area contributed by atoms with Gasteiger partial charge in [0, 0.05) is 9.85 Å². The van der Waals surface area contributed by atoms with E-state index in [9.17, 15) is 0 Å². The van der Waals surface area contributed by atoms with Crippen LogP contribution >= 0.6 is 27.3 Å². The second-order valence-electron chi connectivity index (χ2n) is 1.96. The van der Waals surface area contributed by atoms with Crippen LogP contribution in [0.4, 0.5) is 0 Å². The topological polar surface area (TPSA) is 35.2 Å². The van der Waals surface area contributed by atoms with Crippen molar-refractivity contribution in [1.82, 2.24) is 0 Å². The van der Waals surface area contributed by atoms with E-state index in [1.807, 2.05) is 5.38 Å². The van der Waals surface area contributed by atoms with Crippen molar-refractivity contribution >= 4 is 27.3 Å². The van der Waals surface area contributed by atoms with Crippen LogP contribution in [0.15, 0.2) is 9.85 Å². The predicted octanol–water partition coefficient (Wildman–Crippen LogP) is 1.83. The molecular weight excluding hydrogens is 238 g/mol. The Bertz CT molecular complexity index is 324. The van der Waals surface area contributed by atoms with Crippen molar-refractivity contribution < 1.29 is 4.74 Å². The molecule has 0 aromatic carbocycles. The lowest BCUT2D eigenvalue weighted by molar-refractivity contribution is 0.426. The molecule has 0 saturated heterocycles. The molecule has 0 spiro atoms. The van der Waals surface area contributed by atoms with E-state index in [-0.39, 0.29) is 0 Å². The first-order chi connectivity index (χ1) is 5.79. The molecule has 0 amide bonds. The van der Waals surface area contributed by atoms with Gasteiger partial charge in [0.25, 0.3) is 0 Å². The monoisotopic (exact) mass is 245 g/mol. The van der Waals surface area contributed by atoms with Gasteiger partial charge in [0.2, 0.25) is 0 Å². The molecule has 2 N–H and O–H groups in total. The molecule has 64 valence electrons. The summed E-state index contributed by atoms with van der Waals surface area (Å²) in [4.78, 5) is 0. The van der Waals surface area contributed by atoms with Crippen molar-refractivity contribution in [3.05, 3.63) is 15.4 Å². The highest BCUT2D eigenvalue weighted by molar-refractivity contribution is 9.10. The van der Waals surface area contributed by atoms with E-state index < -0.39 is 0 Å². The lowest BCUT2D eigenvalue weighted by Gasteiger charge is -1.93. The molecule has 1 heterocycles. The Labute approximate surface area is 83.9 Å². The molecule has 0 aliphatic rings. The summed E-state index contributed by atoms with van der Waals surface area (Å²) in [7, 11) is 1.63. The van der Waals surface area contributed by atoms with Gasteiger partial charge in [0.15, 0.2) is 5.06 Å². The Morgan fingerprint density at radius 2 is 2.50 bits per heavy atom. The van der Waals surface area contributed by atoms with Crippen molar-refractivity contribution in [2.75, 3.05) is 13.7 Å². The molecule has 1 aromatic heterocycles. The highest BCUT2D eigenvalue weighted by Gasteiger charge is 2.06. The number of hydrogen-bond acceptors (Lipinski definition) is 3. The molecule has 0 bridgehead atoms. The molecule has 0 aliphatic heterocycles. The van der Waals surface area contributed by atoms with Crippen molar-refractivity contribution in [2.24, 2.45) is 5.73 Å². The van der Waals surface area contributed by atoms with Gasteiger partial charge in [-0.3, -0.25) is 0 Å². The summed E-state index contributed by atoms with van der Waals surface area (Å²) in [5.74, 6) is 5.72. The highest BCUT2D eigenvalue weighted by atomic mass is 79.9. The summed E-state index contributed by atoms with van der Waals surface area (Å²) >= 11 is 4.89. The Kier molecular flexibility index (Phi) is 3.60. The van der Waals surface area contributed by atoms with Gasteiger partial charge in [-0.1, -0.05) is 11.8 Å². The van der Waals surface area contributed by atoms with Gasteiger partial charge in [-0.15, -0.1) is 11.3 Å². The number of rotatable bonds is 1. The third-order valence-electron chi connectivity index (χ3n) is 1.21. The molecule has 0 radical (unpaired) electrons. The van der Waals surface area contributed by atoms with E-state index in [1.54, 1.807) is 7.11 Å². The Morgan fingerprint density at radius 3 is 3.08 bits per heavy atom. The second kappa shape index (κ2) is 4.51. The lowest BCUT2D eigenvalue weighted by atomic mass is 10.3. The highest BCUT2D eigenvalue weighted by Crippen LogP contribution is 2.32. The van der Waals surface area contributed by atoms with Crippen LogP contribution < -0.4 is 10.5 Å². The van der Waals surface area contributed by atoms with E-state index in [0.29, 0.717) is 6.54 Å². The van der Waals surface area contributed by atoms with Gasteiger partial charge < -0.3 is 10.5 Å². The third kappa shape index (κ3) is 2.01. The van der Waals surface area contributed by atoms with Crippen LogP contribution in [-0.2, 0) is 0 Å². The fraction of sp³-hybridized carbons (Fsp3) is 0.250. The maximum atomic E-state index is 5.26. The van der Waals surface area contributed by atoms with Crippen LogP contribution in [0.5, 0.6) is 5.06 Å². The van der Waals surface area contributed by atoms with Crippen molar-refractivity contribution in [3.8, 4) is 16.9 Å². The summed E-state index contributed by atoms with van der Waals surface area (Å²) in [6, 6.07) is 0. The molecule has 12 heavy (non-hydrogen) atoms. The summed E-state index contributed by atoms with van der Waals surface area (Å²) < 4.78 is 6.07. The fourth-order valence-electron chi connectivity index (χ4n) is 0.721. The first kappa shape index (κ1) is 9.59. The Morgan fingerprint density at radius 1 is 1.75 bits per heavy atom. The SMILES string of the molecule is COc1scc(Br)c1C#CCN. The van der Waals surface area contributed by atoms with Crippen LogP contribution in [0.2, 0.25) is 0 Å². The number of thiophene rings is 1. The van der Waals surface area contributed by atoms with Crippen molar-refractivity contribution in [3.63, 3.8) is 0 Å². The first-order valence-corrected chi connectivity index (χ1v) is 4.96. The average Bonchev–Trinajstić information content (AvgIpc) is 2.43. The smallest absolute Gasteiger partial charge is 0.190 e. The quantitative estimate of drug-likeness (QED) is 0.767. The van der Waals surface area contributed by atoms with Crippen LogP contribution in [0, 0.1) is 11.8 Å². The second-order valence-corrected chi connectivity index (χ2v) is 3.65. The number of nitrogens with two attached hydrogens (primary N) is 1. The van der Waals surface area contributed by atoms with Crippen LogP contribution in [0.3, 0.4) is 0 Å². The van der Waals surface area contributed by atoms with Crippen molar-refractivity contribution in [1.29, 1.82) is 0 Å². The largest absolute Gasteiger partial charge is 0.486 e. The van der Waals surface area contributed by atoms with Gasteiger partial charge >= 0.3 is 0 Å². The molecule has 2 nitrogen and oxygen atoms in total. The molecule has 1 aromatic rings. The Hall–Kier alpha value is -0.500. The molecule has 0 atom stereocenters. The minimum Gasteiger partial charge on any atom is -0.486 e. The minimum absolute atomic E-state index is 0.367. The standard InChI is InChI=1S/C8H8BrNOS/c1-11-8-6(3-2-4-10)7(9)5-12-8/h5H,4,10H2,1H3. The van der Waals surface area contributed by atoms with Gasteiger partial charge in [-0.25, -0.2) is 0 Å². The number of ether oxygens (including phenoxy) is 1. The Balaban J connectivity index is 3.02. The van der Waals surface area contributed by atoms with E-state index in [1.165, 1.54) is 11.3 Å². The third-order valence-corrected chi connectivity index (χ3v) is 3.08. The molecule has 0 unspecified atom stereocenters.